The van der Waals surface area contributed by atoms with Crippen molar-refractivity contribution in [3.05, 3.63) is 66.5 Å². The number of nitrogens with two attached hydrogens (primary N) is 1. The van der Waals surface area contributed by atoms with E-state index in [1.54, 1.807) is 48.5 Å². The summed E-state index contributed by atoms with van der Waals surface area (Å²) in [7, 11) is -3.40. The second-order valence-electron chi connectivity index (χ2n) is 7.18. The minimum atomic E-state index is -3.40. The summed E-state index contributed by atoms with van der Waals surface area (Å²) in [6.07, 6.45) is 1.46. The van der Waals surface area contributed by atoms with E-state index in [0.717, 1.165) is 13.1 Å². The molecule has 1 heterocycles. The lowest BCUT2D eigenvalue weighted by molar-refractivity contribution is 0.102. The number of sulfone groups is 1. The van der Waals surface area contributed by atoms with Crippen LogP contribution in [0.15, 0.2) is 65.7 Å². The molecule has 1 amide bonds. The fourth-order valence-corrected chi connectivity index (χ4v) is 4.44. The van der Waals surface area contributed by atoms with Gasteiger partial charge in [-0.15, -0.1) is 0 Å². The van der Waals surface area contributed by atoms with Crippen LogP contribution in [0.2, 0.25) is 0 Å². The van der Waals surface area contributed by atoms with Gasteiger partial charge in [-0.25, -0.2) is 18.4 Å². The highest BCUT2D eigenvalue weighted by Crippen LogP contribution is 2.22. The zero-order chi connectivity index (χ0) is 23.1. The number of para-hydroxylation sites is 1. The van der Waals surface area contributed by atoms with Gasteiger partial charge in [0.05, 0.1) is 22.5 Å². The van der Waals surface area contributed by atoms with Gasteiger partial charge < -0.3 is 16.0 Å². The predicted octanol–water partition coefficient (Wildman–Crippen LogP) is 3.09. The van der Waals surface area contributed by atoms with Gasteiger partial charge in [-0.05, 0) is 37.4 Å². The van der Waals surface area contributed by atoms with Crippen LogP contribution in [0.1, 0.15) is 24.3 Å². The summed E-state index contributed by atoms with van der Waals surface area (Å²) in [5, 5.41) is 2.73. The summed E-state index contributed by atoms with van der Waals surface area (Å²) in [4.78, 5) is 23.4. The maximum Gasteiger partial charge on any atom is 0.278 e. The third-order valence-electron chi connectivity index (χ3n) is 5.13. The summed E-state index contributed by atoms with van der Waals surface area (Å²) in [5.41, 5.74) is 7.54. The average Bonchev–Trinajstić information content (AvgIpc) is 2.81. The van der Waals surface area contributed by atoms with Crippen LogP contribution in [0.4, 0.5) is 11.5 Å². The Bertz CT molecular complexity index is 1160. The Labute approximate surface area is 188 Å². The minimum absolute atomic E-state index is 0.00211. The monoisotopic (exact) mass is 453 g/mol. The van der Waals surface area contributed by atoms with E-state index in [2.05, 4.69) is 20.2 Å². The van der Waals surface area contributed by atoms with Gasteiger partial charge in [0.25, 0.3) is 5.91 Å². The van der Waals surface area contributed by atoms with E-state index in [-0.39, 0.29) is 22.2 Å². The van der Waals surface area contributed by atoms with Crippen molar-refractivity contribution in [2.75, 3.05) is 36.4 Å². The topological polar surface area (TPSA) is 118 Å². The summed E-state index contributed by atoms with van der Waals surface area (Å²) in [6.45, 7) is 6.11. The molecule has 168 valence electrons. The smallest absolute Gasteiger partial charge is 0.278 e. The van der Waals surface area contributed by atoms with Crippen molar-refractivity contribution in [3.63, 3.8) is 0 Å². The van der Waals surface area contributed by atoms with Gasteiger partial charge in [-0.1, -0.05) is 44.2 Å². The second-order valence-corrected chi connectivity index (χ2v) is 9.29. The number of hydrogen-bond acceptors (Lipinski definition) is 7. The average molecular weight is 454 g/mol. The number of anilines is 2. The Balaban J connectivity index is 1.79. The Kier molecular flexibility index (Phi) is 7.55. The van der Waals surface area contributed by atoms with E-state index in [9.17, 15) is 13.2 Å². The van der Waals surface area contributed by atoms with E-state index in [1.807, 2.05) is 19.9 Å². The van der Waals surface area contributed by atoms with Gasteiger partial charge in [-0.2, -0.15) is 0 Å². The molecule has 0 atom stereocenters. The standard InChI is InChI=1S/C23H27N5O3S/c1-3-28(4-2)14-15-32(30,31)19-12-10-17(11-13-19)20-16-25-22(24)21(27-20)23(29)26-18-8-6-5-7-9-18/h5-13,16H,3-4,14-15H2,1-2H3,(H2,24,25)(H,26,29). The second kappa shape index (κ2) is 10.3. The molecule has 0 bridgehead atoms. The molecule has 0 aliphatic carbocycles. The Morgan fingerprint density at radius 1 is 1.03 bits per heavy atom. The summed E-state index contributed by atoms with van der Waals surface area (Å²) >= 11 is 0. The summed E-state index contributed by atoms with van der Waals surface area (Å²) < 4.78 is 25.3. The molecule has 8 nitrogen and oxygen atoms in total. The summed E-state index contributed by atoms with van der Waals surface area (Å²) in [6, 6.07) is 15.4. The molecule has 0 unspecified atom stereocenters. The van der Waals surface area contributed by atoms with Crippen molar-refractivity contribution in [2.45, 2.75) is 18.7 Å². The van der Waals surface area contributed by atoms with Gasteiger partial charge in [0.1, 0.15) is 0 Å². The fourth-order valence-electron chi connectivity index (χ4n) is 3.16. The van der Waals surface area contributed by atoms with Crippen LogP contribution in [0, 0.1) is 0 Å². The molecule has 0 spiro atoms. The van der Waals surface area contributed by atoms with Crippen LogP contribution in [0.25, 0.3) is 11.3 Å². The molecule has 2 aromatic carbocycles. The van der Waals surface area contributed by atoms with Crippen LogP contribution in [-0.2, 0) is 9.84 Å². The number of nitrogens with one attached hydrogen (secondary N) is 1. The first kappa shape index (κ1) is 23.4. The predicted molar refractivity (Wildman–Crippen MR) is 126 cm³/mol. The van der Waals surface area contributed by atoms with Crippen molar-refractivity contribution in [3.8, 4) is 11.3 Å². The van der Waals surface area contributed by atoms with Gasteiger partial charge in [0.2, 0.25) is 0 Å². The third-order valence-corrected chi connectivity index (χ3v) is 6.84. The number of carbonyl (C=O) groups excluding carboxylic acids is 1. The molecule has 32 heavy (non-hydrogen) atoms. The lowest BCUT2D eigenvalue weighted by atomic mass is 10.1. The number of nitrogens with zero attached hydrogens (tertiary/aromatic N) is 3. The highest BCUT2D eigenvalue weighted by atomic mass is 32.2. The first-order valence-electron chi connectivity index (χ1n) is 10.4. The largest absolute Gasteiger partial charge is 0.382 e. The van der Waals surface area contributed by atoms with Gasteiger partial charge in [-0.3, -0.25) is 4.79 Å². The van der Waals surface area contributed by atoms with E-state index in [0.29, 0.717) is 23.5 Å². The van der Waals surface area contributed by atoms with Crippen molar-refractivity contribution >= 4 is 27.2 Å². The lowest BCUT2D eigenvalue weighted by Crippen LogP contribution is -2.29. The Morgan fingerprint density at radius 3 is 2.31 bits per heavy atom. The van der Waals surface area contributed by atoms with Crippen LogP contribution in [0.3, 0.4) is 0 Å². The maximum absolute atomic E-state index is 12.7. The Hall–Kier alpha value is -3.30. The normalized spacial score (nSPS) is 11.5. The van der Waals surface area contributed by atoms with E-state index in [1.165, 1.54) is 6.20 Å². The number of hydrogen-bond donors (Lipinski definition) is 2. The third kappa shape index (κ3) is 5.68. The van der Waals surface area contributed by atoms with Crippen molar-refractivity contribution in [2.24, 2.45) is 0 Å². The molecule has 3 rings (SSSR count). The highest BCUT2D eigenvalue weighted by molar-refractivity contribution is 7.91. The van der Waals surface area contributed by atoms with E-state index in [4.69, 9.17) is 5.73 Å². The minimum Gasteiger partial charge on any atom is -0.382 e. The molecule has 0 fully saturated rings. The first-order valence-corrected chi connectivity index (χ1v) is 12.0. The van der Waals surface area contributed by atoms with E-state index < -0.39 is 15.7 Å². The molecule has 3 aromatic rings. The zero-order valence-electron chi connectivity index (χ0n) is 18.2. The van der Waals surface area contributed by atoms with Crippen molar-refractivity contribution in [1.29, 1.82) is 0 Å². The Morgan fingerprint density at radius 2 is 1.69 bits per heavy atom. The number of rotatable bonds is 9. The van der Waals surface area contributed by atoms with Crippen LogP contribution >= 0.6 is 0 Å². The van der Waals surface area contributed by atoms with Crippen molar-refractivity contribution < 1.29 is 13.2 Å². The SMILES string of the molecule is CCN(CC)CCS(=O)(=O)c1ccc(-c2cnc(N)c(C(=O)Nc3ccccc3)n2)cc1. The van der Waals surface area contributed by atoms with Crippen molar-refractivity contribution in [1.82, 2.24) is 14.9 Å². The summed E-state index contributed by atoms with van der Waals surface area (Å²) in [5.74, 6) is -0.407. The maximum atomic E-state index is 12.7. The lowest BCUT2D eigenvalue weighted by Gasteiger charge is -2.17. The number of carbonyl (C=O) groups is 1. The number of aromatic nitrogens is 2. The van der Waals surface area contributed by atoms with Gasteiger partial charge >= 0.3 is 0 Å². The van der Waals surface area contributed by atoms with Crippen LogP contribution < -0.4 is 11.1 Å². The molecule has 9 heteroatoms. The first-order chi connectivity index (χ1) is 15.3. The molecule has 0 aliphatic rings. The molecule has 0 saturated carbocycles. The molecule has 1 aromatic heterocycles. The van der Waals surface area contributed by atoms with Gasteiger partial charge in [0, 0.05) is 17.8 Å². The number of benzene rings is 2. The molecular formula is C23H27N5O3S. The van der Waals surface area contributed by atoms with Crippen LogP contribution in [0.5, 0.6) is 0 Å². The molecule has 0 aliphatic heterocycles. The zero-order valence-corrected chi connectivity index (χ0v) is 19.0. The quantitative estimate of drug-likeness (QED) is 0.511. The molecular weight excluding hydrogens is 426 g/mol. The molecule has 0 saturated heterocycles. The van der Waals surface area contributed by atoms with Crippen LogP contribution in [-0.4, -0.2) is 54.6 Å². The molecule has 3 N–H and O–H groups in total. The van der Waals surface area contributed by atoms with Gasteiger partial charge in [0.15, 0.2) is 21.3 Å². The van der Waals surface area contributed by atoms with E-state index >= 15 is 0 Å². The highest BCUT2D eigenvalue weighted by Gasteiger charge is 2.18. The number of nitrogen functional groups attached to an aromatic ring is 1. The molecule has 0 radical (unpaired) electrons. The fraction of sp³-hybridized carbons (Fsp3) is 0.261. The number of amides is 1.